The smallest absolute Gasteiger partial charge is 0.217 e. The highest BCUT2D eigenvalue weighted by molar-refractivity contribution is 5.73. The van der Waals surface area contributed by atoms with Crippen LogP contribution < -0.4 is 5.73 Å². The molecule has 0 rings (SSSR count). The van der Waals surface area contributed by atoms with Crippen molar-refractivity contribution in [3.63, 3.8) is 0 Å². The van der Waals surface area contributed by atoms with Crippen molar-refractivity contribution in [1.82, 2.24) is 0 Å². The van der Waals surface area contributed by atoms with Crippen LogP contribution in [0.1, 0.15) is 66.2 Å². The second kappa shape index (κ2) is 12.5. The number of carbonyl (C=O) groups excluding carboxylic acids is 1. The Kier molecular flexibility index (Phi) is 14.2. The lowest BCUT2D eigenvalue weighted by Gasteiger charge is -1.95. The molecule has 0 aliphatic heterocycles. The zero-order valence-electron chi connectivity index (χ0n) is 10.3. The molecule has 0 atom stereocenters. The first-order chi connectivity index (χ1) is 6.50. The van der Waals surface area contributed by atoms with E-state index in [2.05, 4.69) is 27.7 Å². The molecule has 0 radical (unpaired) electrons. The summed E-state index contributed by atoms with van der Waals surface area (Å²) in [6.45, 7) is 8.67. The molecule has 2 heteroatoms. The van der Waals surface area contributed by atoms with E-state index in [1.54, 1.807) is 0 Å². The summed E-state index contributed by atoms with van der Waals surface area (Å²) < 4.78 is 0. The lowest BCUT2D eigenvalue weighted by atomic mass is 10.1. The van der Waals surface area contributed by atoms with Gasteiger partial charge in [-0.1, -0.05) is 53.4 Å². The highest BCUT2D eigenvalue weighted by Gasteiger charge is 1.92. The van der Waals surface area contributed by atoms with Gasteiger partial charge in [-0.2, -0.15) is 0 Å². The SMILES string of the molecule is CC(C)C.CCCCCCCC(N)=O. The van der Waals surface area contributed by atoms with E-state index in [9.17, 15) is 4.79 Å². The summed E-state index contributed by atoms with van der Waals surface area (Å²) >= 11 is 0. The Morgan fingerprint density at radius 2 is 1.50 bits per heavy atom. The van der Waals surface area contributed by atoms with Crippen molar-refractivity contribution in [1.29, 1.82) is 0 Å². The minimum Gasteiger partial charge on any atom is -0.370 e. The third-order valence-electron chi connectivity index (χ3n) is 1.53. The van der Waals surface area contributed by atoms with Gasteiger partial charge < -0.3 is 5.73 Å². The summed E-state index contributed by atoms with van der Waals surface area (Å²) in [5.41, 5.74) is 4.97. The van der Waals surface area contributed by atoms with Gasteiger partial charge in [0.05, 0.1) is 0 Å². The number of amides is 1. The van der Waals surface area contributed by atoms with Gasteiger partial charge in [-0.15, -0.1) is 0 Å². The fraction of sp³-hybridized carbons (Fsp3) is 0.917. The van der Waals surface area contributed by atoms with E-state index >= 15 is 0 Å². The molecule has 0 spiro atoms. The molecule has 0 aromatic carbocycles. The summed E-state index contributed by atoms with van der Waals surface area (Å²) in [4.78, 5) is 10.3. The van der Waals surface area contributed by atoms with Gasteiger partial charge in [-0.05, 0) is 12.3 Å². The second-order valence-corrected chi connectivity index (χ2v) is 4.36. The Balaban J connectivity index is 0. The number of rotatable bonds is 6. The first-order valence-electron chi connectivity index (χ1n) is 5.79. The molecule has 0 aliphatic rings. The summed E-state index contributed by atoms with van der Waals surface area (Å²) in [5.74, 6) is 0.663. The second-order valence-electron chi connectivity index (χ2n) is 4.36. The van der Waals surface area contributed by atoms with Gasteiger partial charge in [0.1, 0.15) is 0 Å². The van der Waals surface area contributed by atoms with Crippen molar-refractivity contribution in [2.45, 2.75) is 66.2 Å². The third kappa shape index (κ3) is 30.0. The van der Waals surface area contributed by atoms with Gasteiger partial charge in [0.25, 0.3) is 0 Å². The molecule has 0 saturated heterocycles. The number of carbonyl (C=O) groups is 1. The average Bonchev–Trinajstić information content (AvgIpc) is 2.02. The van der Waals surface area contributed by atoms with Crippen LogP contribution in [0.2, 0.25) is 0 Å². The van der Waals surface area contributed by atoms with Crippen molar-refractivity contribution in [2.24, 2.45) is 11.7 Å². The van der Waals surface area contributed by atoms with Crippen LogP contribution in [-0.4, -0.2) is 5.91 Å². The highest BCUT2D eigenvalue weighted by Crippen LogP contribution is 2.03. The molecule has 0 saturated carbocycles. The van der Waals surface area contributed by atoms with Crippen molar-refractivity contribution in [2.75, 3.05) is 0 Å². The molecule has 86 valence electrons. The maximum Gasteiger partial charge on any atom is 0.217 e. The monoisotopic (exact) mass is 201 g/mol. The molecule has 0 heterocycles. The van der Waals surface area contributed by atoms with E-state index in [-0.39, 0.29) is 5.91 Å². The van der Waals surface area contributed by atoms with Crippen LogP contribution in [0.5, 0.6) is 0 Å². The van der Waals surface area contributed by atoms with Gasteiger partial charge in [-0.25, -0.2) is 0 Å². The average molecular weight is 201 g/mol. The Morgan fingerprint density at radius 3 is 1.86 bits per heavy atom. The van der Waals surface area contributed by atoms with Crippen LogP contribution in [0.25, 0.3) is 0 Å². The first kappa shape index (κ1) is 15.9. The van der Waals surface area contributed by atoms with Crippen molar-refractivity contribution in [3.05, 3.63) is 0 Å². The van der Waals surface area contributed by atoms with E-state index in [0.717, 1.165) is 18.8 Å². The number of hydrogen-bond acceptors (Lipinski definition) is 1. The zero-order valence-corrected chi connectivity index (χ0v) is 10.3. The van der Waals surface area contributed by atoms with Crippen molar-refractivity contribution < 1.29 is 4.79 Å². The summed E-state index contributed by atoms with van der Waals surface area (Å²) in [6.07, 6.45) is 6.44. The van der Waals surface area contributed by atoms with Crippen LogP contribution in [0, 0.1) is 5.92 Å². The van der Waals surface area contributed by atoms with Gasteiger partial charge in [-0.3, -0.25) is 4.79 Å². The molecule has 0 unspecified atom stereocenters. The van der Waals surface area contributed by atoms with Gasteiger partial charge >= 0.3 is 0 Å². The lowest BCUT2D eigenvalue weighted by Crippen LogP contribution is -2.09. The van der Waals surface area contributed by atoms with Crippen LogP contribution in [0.15, 0.2) is 0 Å². The van der Waals surface area contributed by atoms with E-state index in [1.165, 1.54) is 19.3 Å². The minimum absolute atomic E-state index is 0.170. The predicted octanol–water partition coefficient (Wildman–Crippen LogP) is 3.49. The van der Waals surface area contributed by atoms with E-state index in [0.29, 0.717) is 6.42 Å². The van der Waals surface area contributed by atoms with E-state index < -0.39 is 0 Å². The molecule has 0 aromatic heterocycles. The number of nitrogens with two attached hydrogens (primary N) is 1. The molecular formula is C12H27NO. The van der Waals surface area contributed by atoms with Gasteiger partial charge in [0, 0.05) is 6.42 Å². The summed E-state index contributed by atoms with van der Waals surface area (Å²) in [7, 11) is 0. The largest absolute Gasteiger partial charge is 0.370 e. The van der Waals surface area contributed by atoms with Crippen LogP contribution in [-0.2, 0) is 4.79 Å². The normalized spacial score (nSPS) is 9.50. The fourth-order valence-corrected chi connectivity index (χ4v) is 0.903. The molecule has 0 aliphatic carbocycles. The van der Waals surface area contributed by atoms with Crippen LogP contribution >= 0.6 is 0 Å². The lowest BCUT2D eigenvalue weighted by molar-refractivity contribution is -0.118. The zero-order chi connectivity index (χ0) is 11.4. The van der Waals surface area contributed by atoms with Crippen molar-refractivity contribution in [3.8, 4) is 0 Å². The van der Waals surface area contributed by atoms with E-state index in [1.807, 2.05) is 0 Å². The molecule has 2 nitrogen and oxygen atoms in total. The van der Waals surface area contributed by atoms with Crippen molar-refractivity contribution >= 4 is 5.91 Å². The topological polar surface area (TPSA) is 43.1 Å². The molecule has 14 heavy (non-hydrogen) atoms. The summed E-state index contributed by atoms with van der Waals surface area (Å²) in [5, 5.41) is 0. The van der Waals surface area contributed by atoms with Gasteiger partial charge in [0.2, 0.25) is 5.91 Å². The standard InChI is InChI=1S/C8H17NO.C4H10/c1-2-3-4-5-6-7-8(9)10;1-4(2)3/h2-7H2,1H3,(H2,9,10);4H,1-3H3. The molecule has 1 amide bonds. The minimum atomic E-state index is -0.170. The molecule has 2 N–H and O–H groups in total. The Hall–Kier alpha value is -0.530. The van der Waals surface area contributed by atoms with Gasteiger partial charge in [0.15, 0.2) is 0 Å². The number of hydrogen-bond donors (Lipinski definition) is 1. The number of unbranched alkanes of at least 4 members (excludes halogenated alkanes) is 4. The van der Waals surface area contributed by atoms with E-state index in [4.69, 9.17) is 5.73 Å². The van der Waals surface area contributed by atoms with Crippen LogP contribution in [0.3, 0.4) is 0 Å². The molecule has 0 aromatic rings. The fourth-order valence-electron chi connectivity index (χ4n) is 0.903. The number of primary amides is 1. The highest BCUT2D eigenvalue weighted by atomic mass is 16.1. The Morgan fingerprint density at radius 1 is 1.07 bits per heavy atom. The Bertz CT molecular complexity index is 119. The third-order valence-corrected chi connectivity index (χ3v) is 1.53. The Labute approximate surface area is 89.3 Å². The first-order valence-corrected chi connectivity index (χ1v) is 5.79. The molecule has 0 bridgehead atoms. The quantitative estimate of drug-likeness (QED) is 0.657. The maximum atomic E-state index is 10.3. The summed E-state index contributed by atoms with van der Waals surface area (Å²) in [6, 6.07) is 0. The molecular weight excluding hydrogens is 174 g/mol. The predicted molar refractivity (Wildman–Crippen MR) is 63.1 cm³/mol. The maximum absolute atomic E-state index is 10.3. The van der Waals surface area contributed by atoms with Crippen LogP contribution in [0.4, 0.5) is 0 Å². The molecule has 0 fully saturated rings.